The van der Waals surface area contributed by atoms with Gasteiger partial charge in [-0.3, -0.25) is 4.79 Å². The molecule has 0 aliphatic heterocycles. The molecule has 4 nitrogen and oxygen atoms in total. The molecule has 1 amide bonds. The number of aryl methyl sites for hydroxylation is 1. The molecule has 0 unspecified atom stereocenters. The number of nitrogens with one attached hydrogen (secondary N) is 1. The molecule has 5 heteroatoms. The average molecular weight is 260 g/mol. The summed E-state index contributed by atoms with van der Waals surface area (Å²) in [4.78, 5) is 12.7. The van der Waals surface area contributed by atoms with Gasteiger partial charge in [-0.1, -0.05) is 6.07 Å². The normalized spacial score (nSPS) is 10.7. The molecule has 0 saturated carbocycles. The zero-order valence-corrected chi connectivity index (χ0v) is 10.6. The highest BCUT2D eigenvalue weighted by Crippen LogP contribution is 2.12. The second kappa shape index (κ2) is 5.46. The third kappa shape index (κ3) is 2.95. The van der Waals surface area contributed by atoms with Crippen LogP contribution in [0.4, 0.5) is 0 Å². The molecule has 1 aromatic carbocycles. The van der Waals surface area contributed by atoms with Crippen LogP contribution in [-0.2, 0) is 0 Å². The fourth-order valence-electron chi connectivity index (χ4n) is 1.38. The Morgan fingerprint density at radius 1 is 1.44 bits per heavy atom. The predicted molar refractivity (Wildman–Crippen MR) is 72.2 cm³/mol. The van der Waals surface area contributed by atoms with E-state index in [-0.39, 0.29) is 11.7 Å². The molecule has 0 aliphatic rings. The van der Waals surface area contributed by atoms with E-state index in [1.165, 1.54) is 12.1 Å². The van der Waals surface area contributed by atoms with Crippen LogP contribution >= 0.6 is 11.3 Å². The topological polar surface area (TPSA) is 61.7 Å². The Morgan fingerprint density at radius 2 is 2.28 bits per heavy atom. The van der Waals surface area contributed by atoms with E-state index in [0.29, 0.717) is 5.56 Å². The molecule has 2 rings (SSSR count). The first-order chi connectivity index (χ1) is 8.66. The van der Waals surface area contributed by atoms with Crippen molar-refractivity contribution in [1.29, 1.82) is 0 Å². The van der Waals surface area contributed by atoms with Crippen LogP contribution in [0.1, 0.15) is 20.8 Å². The third-order valence-electron chi connectivity index (χ3n) is 2.36. The Kier molecular flexibility index (Phi) is 3.74. The molecule has 2 N–H and O–H groups in total. The van der Waals surface area contributed by atoms with Gasteiger partial charge in [0.25, 0.3) is 5.91 Å². The van der Waals surface area contributed by atoms with Gasteiger partial charge in [-0.25, -0.2) is 5.43 Å². The highest BCUT2D eigenvalue weighted by molar-refractivity contribution is 7.11. The first kappa shape index (κ1) is 12.3. The van der Waals surface area contributed by atoms with Crippen LogP contribution in [-0.4, -0.2) is 17.2 Å². The lowest BCUT2D eigenvalue weighted by molar-refractivity contribution is 0.0954. The van der Waals surface area contributed by atoms with E-state index >= 15 is 0 Å². The number of carbonyl (C=O) groups excluding carboxylic acids is 1. The summed E-state index contributed by atoms with van der Waals surface area (Å²) >= 11 is 1.56. The van der Waals surface area contributed by atoms with Gasteiger partial charge in [0.05, 0.1) is 6.21 Å². The predicted octanol–water partition coefficient (Wildman–Crippen LogP) is 2.53. The van der Waals surface area contributed by atoms with Crippen molar-refractivity contribution in [3.63, 3.8) is 0 Å². The van der Waals surface area contributed by atoms with Crippen LogP contribution in [0.5, 0.6) is 5.75 Å². The Balaban J connectivity index is 2.01. The quantitative estimate of drug-likeness (QED) is 0.658. The number of hydrazone groups is 1. The minimum atomic E-state index is -0.351. The first-order valence-corrected chi connectivity index (χ1v) is 6.21. The van der Waals surface area contributed by atoms with E-state index in [0.717, 1.165) is 10.4 Å². The van der Waals surface area contributed by atoms with Crippen LogP contribution in [0, 0.1) is 6.92 Å². The molecule has 18 heavy (non-hydrogen) atoms. The molecular weight excluding hydrogens is 248 g/mol. The summed E-state index contributed by atoms with van der Waals surface area (Å²) < 4.78 is 0. The van der Waals surface area contributed by atoms with Crippen molar-refractivity contribution in [3.05, 3.63) is 51.7 Å². The van der Waals surface area contributed by atoms with E-state index in [1.54, 1.807) is 29.7 Å². The van der Waals surface area contributed by atoms with Gasteiger partial charge in [0.2, 0.25) is 0 Å². The minimum absolute atomic E-state index is 0.0562. The maximum absolute atomic E-state index is 11.7. The van der Waals surface area contributed by atoms with Crippen molar-refractivity contribution in [2.45, 2.75) is 6.92 Å². The lowest BCUT2D eigenvalue weighted by atomic mass is 10.2. The fraction of sp³-hybridized carbons (Fsp3) is 0.0769. The Labute approximate surface area is 109 Å². The van der Waals surface area contributed by atoms with Gasteiger partial charge in [-0.15, -0.1) is 11.3 Å². The summed E-state index contributed by atoms with van der Waals surface area (Å²) in [6.45, 7) is 1.98. The molecule has 0 atom stereocenters. The van der Waals surface area contributed by atoms with Gasteiger partial charge >= 0.3 is 0 Å². The van der Waals surface area contributed by atoms with E-state index in [4.69, 9.17) is 0 Å². The highest BCUT2D eigenvalue weighted by atomic mass is 32.1. The Morgan fingerprint density at radius 3 is 2.94 bits per heavy atom. The zero-order valence-electron chi connectivity index (χ0n) is 9.75. The van der Waals surface area contributed by atoms with Gasteiger partial charge in [0, 0.05) is 10.4 Å². The maximum atomic E-state index is 11.7. The van der Waals surface area contributed by atoms with Crippen LogP contribution < -0.4 is 5.43 Å². The number of phenols is 1. The molecule has 0 bridgehead atoms. The summed E-state index contributed by atoms with van der Waals surface area (Å²) in [5.74, 6) is -0.294. The van der Waals surface area contributed by atoms with E-state index in [2.05, 4.69) is 10.5 Å². The zero-order chi connectivity index (χ0) is 13.0. The Bertz CT molecular complexity index is 590. The van der Waals surface area contributed by atoms with Crippen molar-refractivity contribution in [2.24, 2.45) is 5.10 Å². The van der Waals surface area contributed by atoms with Crippen LogP contribution in [0.15, 0.2) is 40.8 Å². The molecule has 0 aliphatic carbocycles. The summed E-state index contributed by atoms with van der Waals surface area (Å²) in [5.41, 5.74) is 3.91. The van der Waals surface area contributed by atoms with Gasteiger partial charge in [0.1, 0.15) is 5.75 Å². The van der Waals surface area contributed by atoms with Crippen molar-refractivity contribution in [3.8, 4) is 5.75 Å². The monoisotopic (exact) mass is 260 g/mol. The number of nitrogens with zero attached hydrogens (tertiary/aromatic N) is 1. The summed E-state index contributed by atoms with van der Waals surface area (Å²) in [5, 5.41) is 15.1. The number of benzene rings is 1. The van der Waals surface area contributed by atoms with E-state index in [9.17, 15) is 9.90 Å². The van der Waals surface area contributed by atoms with Gasteiger partial charge in [-0.2, -0.15) is 5.10 Å². The number of aromatic hydroxyl groups is 1. The average Bonchev–Trinajstić information content (AvgIpc) is 2.75. The smallest absolute Gasteiger partial charge is 0.271 e. The van der Waals surface area contributed by atoms with Crippen LogP contribution in [0.2, 0.25) is 0 Å². The number of amides is 1. The molecule has 2 aromatic rings. The number of carbonyl (C=O) groups is 1. The summed E-state index contributed by atoms with van der Waals surface area (Å²) in [6, 6.07) is 8.11. The number of rotatable bonds is 3. The lowest BCUT2D eigenvalue weighted by Gasteiger charge is -1.99. The third-order valence-corrected chi connectivity index (χ3v) is 3.31. The van der Waals surface area contributed by atoms with Gasteiger partial charge in [0.15, 0.2) is 0 Å². The molecule has 0 fully saturated rings. The Hall–Kier alpha value is -2.14. The molecule has 1 aromatic heterocycles. The fourth-order valence-corrected chi connectivity index (χ4v) is 2.16. The molecule has 0 radical (unpaired) electrons. The number of hydrogen-bond donors (Lipinski definition) is 2. The number of hydrogen-bond acceptors (Lipinski definition) is 4. The number of thiophene rings is 1. The van der Waals surface area contributed by atoms with Crippen LogP contribution in [0.25, 0.3) is 0 Å². The first-order valence-electron chi connectivity index (χ1n) is 5.33. The van der Waals surface area contributed by atoms with Gasteiger partial charge in [-0.05, 0) is 42.1 Å². The molecule has 92 valence electrons. The standard InChI is InChI=1S/C13H12N2O2S/c1-9-5-6-18-12(9)8-14-15-13(17)10-3-2-4-11(16)7-10/h2-8,16H,1H3,(H,15,17)/b14-8-. The van der Waals surface area contributed by atoms with E-state index < -0.39 is 0 Å². The van der Waals surface area contributed by atoms with Crippen molar-refractivity contribution >= 4 is 23.5 Å². The van der Waals surface area contributed by atoms with Crippen molar-refractivity contribution in [1.82, 2.24) is 5.43 Å². The maximum Gasteiger partial charge on any atom is 0.271 e. The van der Waals surface area contributed by atoms with Crippen molar-refractivity contribution in [2.75, 3.05) is 0 Å². The van der Waals surface area contributed by atoms with Gasteiger partial charge < -0.3 is 5.11 Å². The second-order valence-electron chi connectivity index (χ2n) is 3.72. The summed E-state index contributed by atoms with van der Waals surface area (Å²) in [7, 11) is 0. The number of phenolic OH excluding ortho intramolecular Hbond substituents is 1. The molecule has 0 spiro atoms. The largest absolute Gasteiger partial charge is 0.508 e. The highest BCUT2D eigenvalue weighted by Gasteiger charge is 2.04. The molecule has 1 heterocycles. The SMILES string of the molecule is Cc1ccsc1/C=N\NC(=O)c1cccc(O)c1. The van der Waals surface area contributed by atoms with Crippen LogP contribution in [0.3, 0.4) is 0 Å². The molecule has 0 saturated heterocycles. The summed E-state index contributed by atoms with van der Waals surface area (Å²) in [6.07, 6.45) is 1.61. The second-order valence-corrected chi connectivity index (χ2v) is 4.67. The minimum Gasteiger partial charge on any atom is -0.508 e. The lowest BCUT2D eigenvalue weighted by Crippen LogP contribution is -2.17. The van der Waals surface area contributed by atoms with Crippen molar-refractivity contribution < 1.29 is 9.90 Å². The molecular formula is C13H12N2O2S. The van der Waals surface area contributed by atoms with E-state index in [1.807, 2.05) is 18.4 Å².